The molecule has 4 fully saturated rings. The van der Waals surface area contributed by atoms with Crippen LogP contribution in [-0.2, 0) is 9.53 Å². The molecular weight excluding hydrogens is 360 g/mol. The third-order valence-corrected chi connectivity index (χ3v) is 9.46. The topological polar surface area (TPSA) is 41.9 Å². The third kappa shape index (κ3) is 3.96. The summed E-state index contributed by atoms with van der Waals surface area (Å²) in [4.78, 5) is 19.7. The number of rotatable bonds is 6. The molecule has 6 unspecified atom stereocenters. The SMILES string of the molecule is CN(C)CCOCCN=C1CCC2(C)C(CCC3C4CCC(=O)C4(C)CCC32)C1. The Bertz CT molecular complexity index is 645. The largest absolute Gasteiger partial charge is 0.378 e. The molecular formula is C25H42N2O2. The highest BCUT2D eigenvalue weighted by molar-refractivity contribution is 5.87. The zero-order chi connectivity index (χ0) is 20.6. The molecule has 0 aromatic heterocycles. The zero-order valence-corrected chi connectivity index (χ0v) is 19.2. The second-order valence-corrected chi connectivity index (χ2v) is 11.1. The molecule has 6 atom stereocenters. The molecule has 0 amide bonds. The van der Waals surface area contributed by atoms with Crippen LogP contribution in [0.3, 0.4) is 0 Å². The Morgan fingerprint density at radius 1 is 1.03 bits per heavy atom. The quantitative estimate of drug-likeness (QED) is 0.609. The number of ether oxygens (including phenoxy) is 1. The van der Waals surface area contributed by atoms with Crippen LogP contribution in [0.1, 0.15) is 71.6 Å². The molecule has 0 bridgehead atoms. The minimum Gasteiger partial charge on any atom is -0.378 e. The Balaban J connectivity index is 1.34. The van der Waals surface area contributed by atoms with E-state index in [1.54, 1.807) is 0 Å². The summed E-state index contributed by atoms with van der Waals surface area (Å²) in [6.45, 7) is 8.23. The minimum absolute atomic E-state index is 0.0121. The highest BCUT2D eigenvalue weighted by atomic mass is 16.5. The predicted molar refractivity (Wildman–Crippen MR) is 118 cm³/mol. The Kier molecular flexibility index (Phi) is 6.24. The number of hydrogen-bond acceptors (Lipinski definition) is 4. The van der Waals surface area contributed by atoms with Crippen LogP contribution in [0.2, 0.25) is 0 Å². The van der Waals surface area contributed by atoms with Crippen LogP contribution >= 0.6 is 0 Å². The summed E-state index contributed by atoms with van der Waals surface area (Å²) < 4.78 is 5.71. The highest BCUT2D eigenvalue weighted by Crippen LogP contribution is 2.65. The molecule has 4 rings (SSSR count). The van der Waals surface area contributed by atoms with Crippen LogP contribution in [0.4, 0.5) is 0 Å². The van der Waals surface area contributed by atoms with E-state index in [-0.39, 0.29) is 5.41 Å². The van der Waals surface area contributed by atoms with Crippen molar-refractivity contribution in [3.63, 3.8) is 0 Å². The lowest BCUT2D eigenvalue weighted by molar-refractivity contribution is -0.136. The van der Waals surface area contributed by atoms with Crippen molar-refractivity contribution in [2.45, 2.75) is 71.6 Å². The van der Waals surface area contributed by atoms with Crippen LogP contribution < -0.4 is 0 Å². The molecule has 0 radical (unpaired) electrons. The molecule has 0 N–H and O–H groups in total. The number of hydrogen-bond donors (Lipinski definition) is 0. The second kappa shape index (κ2) is 8.42. The van der Waals surface area contributed by atoms with Crippen molar-refractivity contribution in [2.75, 3.05) is 40.4 Å². The first-order chi connectivity index (χ1) is 13.8. The molecule has 4 aliphatic carbocycles. The lowest BCUT2D eigenvalue weighted by Crippen LogP contribution is -2.53. The van der Waals surface area contributed by atoms with E-state index in [1.165, 1.54) is 44.2 Å². The van der Waals surface area contributed by atoms with Gasteiger partial charge in [-0.15, -0.1) is 0 Å². The van der Waals surface area contributed by atoms with E-state index in [2.05, 4.69) is 32.8 Å². The van der Waals surface area contributed by atoms with Crippen LogP contribution in [0.25, 0.3) is 0 Å². The summed E-state index contributed by atoms with van der Waals surface area (Å²) >= 11 is 0. The van der Waals surface area contributed by atoms with E-state index in [0.29, 0.717) is 17.1 Å². The number of likely N-dealkylation sites (N-methyl/N-ethyl adjacent to an activating group) is 1. The van der Waals surface area contributed by atoms with Crippen molar-refractivity contribution in [3.8, 4) is 0 Å². The maximum absolute atomic E-state index is 12.6. The van der Waals surface area contributed by atoms with Crippen LogP contribution in [0.5, 0.6) is 0 Å². The van der Waals surface area contributed by atoms with Crippen LogP contribution in [-0.4, -0.2) is 56.8 Å². The number of carbonyl (C=O) groups is 1. The second-order valence-electron chi connectivity index (χ2n) is 11.1. The fourth-order valence-corrected chi connectivity index (χ4v) is 7.59. The summed E-state index contributed by atoms with van der Waals surface area (Å²) in [5, 5.41) is 0. The number of aliphatic imine (C=N–C) groups is 1. The van der Waals surface area contributed by atoms with Gasteiger partial charge in [-0.25, -0.2) is 0 Å². The Morgan fingerprint density at radius 2 is 1.86 bits per heavy atom. The van der Waals surface area contributed by atoms with Gasteiger partial charge in [-0.2, -0.15) is 0 Å². The molecule has 0 heterocycles. The first-order valence-corrected chi connectivity index (χ1v) is 12.1. The summed E-state index contributed by atoms with van der Waals surface area (Å²) in [5.74, 6) is 3.67. The molecule has 4 heteroatoms. The van der Waals surface area contributed by atoms with Gasteiger partial charge in [0.25, 0.3) is 0 Å². The minimum atomic E-state index is 0.0121. The van der Waals surface area contributed by atoms with Crippen LogP contribution in [0.15, 0.2) is 4.99 Å². The standard InChI is InChI=1S/C25H42N2O2/c1-24-11-9-19(26-13-15-29-16-14-27(3)4)17-18(24)5-6-20-21-7-8-23(28)25(21,2)12-10-22(20)24/h18,20-22H,5-17H2,1-4H3. The van der Waals surface area contributed by atoms with Gasteiger partial charge in [-0.1, -0.05) is 13.8 Å². The summed E-state index contributed by atoms with van der Waals surface area (Å²) in [6.07, 6.45) is 10.8. The monoisotopic (exact) mass is 402 g/mol. The first kappa shape index (κ1) is 21.5. The van der Waals surface area contributed by atoms with E-state index >= 15 is 0 Å². The van der Waals surface area contributed by atoms with Gasteiger partial charge in [-0.3, -0.25) is 9.79 Å². The number of nitrogens with zero attached hydrogens (tertiary/aromatic N) is 2. The third-order valence-electron chi connectivity index (χ3n) is 9.46. The van der Waals surface area contributed by atoms with E-state index in [0.717, 1.165) is 63.3 Å². The van der Waals surface area contributed by atoms with Crippen molar-refractivity contribution >= 4 is 11.5 Å². The van der Waals surface area contributed by atoms with Gasteiger partial charge in [0.1, 0.15) is 5.78 Å². The summed E-state index contributed by atoms with van der Waals surface area (Å²) in [7, 11) is 4.16. The lowest BCUT2D eigenvalue weighted by Gasteiger charge is -2.59. The Labute approximate surface area is 177 Å². The van der Waals surface area contributed by atoms with Gasteiger partial charge < -0.3 is 9.64 Å². The van der Waals surface area contributed by atoms with E-state index in [1.807, 2.05) is 0 Å². The molecule has 0 spiro atoms. The van der Waals surface area contributed by atoms with Gasteiger partial charge in [0.2, 0.25) is 0 Å². The van der Waals surface area contributed by atoms with Crippen molar-refractivity contribution in [1.82, 2.24) is 4.90 Å². The van der Waals surface area contributed by atoms with Gasteiger partial charge >= 0.3 is 0 Å². The molecule has 164 valence electrons. The fraction of sp³-hybridized carbons (Fsp3) is 0.920. The maximum Gasteiger partial charge on any atom is 0.139 e. The maximum atomic E-state index is 12.6. The van der Waals surface area contributed by atoms with Gasteiger partial charge in [-0.05, 0) is 94.5 Å². The number of fused-ring (bicyclic) bond motifs is 5. The molecule has 29 heavy (non-hydrogen) atoms. The smallest absolute Gasteiger partial charge is 0.139 e. The van der Waals surface area contributed by atoms with Crippen molar-refractivity contribution in [1.29, 1.82) is 0 Å². The number of ketones is 1. The average molecular weight is 403 g/mol. The molecule has 0 aromatic carbocycles. The number of carbonyl (C=O) groups excluding carboxylic acids is 1. The number of Topliss-reactive ketones (excluding diaryl/α,β-unsaturated/α-hetero) is 1. The average Bonchev–Trinajstić information content (AvgIpc) is 2.99. The van der Waals surface area contributed by atoms with Gasteiger partial charge in [0.05, 0.1) is 19.8 Å². The summed E-state index contributed by atoms with van der Waals surface area (Å²) in [5.41, 5.74) is 1.92. The normalized spacial score (nSPS) is 43.3. The molecule has 0 aromatic rings. The van der Waals surface area contributed by atoms with E-state index < -0.39 is 0 Å². The lowest BCUT2D eigenvalue weighted by atomic mass is 9.45. The van der Waals surface area contributed by atoms with Crippen molar-refractivity contribution < 1.29 is 9.53 Å². The van der Waals surface area contributed by atoms with Gasteiger partial charge in [0, 0.05) is 24.1 Å². The predicted octanol–water partition coefficient (Wildman–Crippen LogP) is 4.62. The Hall–Kier alpha value is -0.740. The molecule has 4 nitrogen and oxygen atoms in total. The van der Waals surface area contributed by atoms with Crippen molar-refractivity contribution in [3.05, 3.63) is 0 Å². The highest BCUT2D eigenvalue weighted by Gasteiger charge is 2.59. The Morgan fingerprint density at radius 3 is 2.66 bits per heavy atom. The fourth-order valence-electron chi connectivity index (χ4n) is 7.59. The van der Waals surface area contributed by atoms with E-state index in [9.17, 15) is 4.79 Å². The van der Waals surface area contributed by atoms with Crippen molar-refractivity contribution in [2.24, 2.45) is 39.5 Å². The summed E-state index contributed by atoms with van der Waals surface area (Å²) in [6, 6.07) is 0. The molecule has 0 aliphatic heterocycles. The van der Waals surface area contributed by atoms with E-state index in [4.69, 9.17) is 9.73 Å². The first-order valence-electron chi connectivity index (χ1n) is 12.1. The molecule has 0 saturated heterocycles. The van der Waals surface area contributed by atoms with Crippen LogP contribution in [0, 0.1) is 34.5 Å². The van der Waals surface area contributed by atoms with Gasteiger partial charge in [0.15, 0.2) is 0 Å². The molecule has 4 saturated carbocycles. The zero-order valence-electron chi connectivity index (χ0n) is 19.2. The molecule has 4 aliphatic rings.